The lowest BCUT2D eigenvalue weighted by molar-refractivity contribution is -0.131. The van der Waals surface area contributed by atoms with Gasteiger partial charge >= 0.3 is 0 Å². The highest BCUT2D eigenvalue weighted by Gasteiger charge is 2.19. The molecule has 1 heterocycles. The van der Waals surface area contributed by atoms with E-state index in [1.54, 1.807) is 11.9 Å². The first-order chi connectivity index (χ1) is 9.56. The molecule has 1 aromatic rings. The summed E-state index contributed by atoms with van der Waals surface area (Å²) < 4.78 is 26.0. The van der Waals surface area contributed by atoms with Gasteiger partial charge in [-0.15, -0.1) is 12.4 Å². The quantitative estimate of drug-likeness (QED) is 0.926. The van der Waals surface area contributed by atoms with Gasteiger partial charge in [0.2, 0.25) is 5.91 Å². The third-order valence-electron chi connectivity index (χ3n) is 3.75. The summed E-state index contributed by atoms with van der Waals surface area (Å²) in [5.74, 6) is -1.25. The number of halogens is 3. The first kappa shape index (κ1) is 17.9. The third-order valence-corrected chi connectivity index (χ3v) is 3.75. The highest BCUT2D eigenvalue weighted by atomic mass is 35.5. The van der Waals surface area contributed by atoms with E-state index in [-0.39, 0.29) is 18.3 Å². The van der Waals surface area contributed by atoms with Crippen LogP contribution in [0.4, 0.5) is 8.78 Å². The third kappa shape index (κ3) is 5.25. The lowest BCUT2D eigenvalue weighted by Crippen LogP contribution is -2.33. The lowest BCUT2D eigenvalue weighted by atomic mass is 9.94. The Balaban J connectivity index is 0.00000220. The number of carbonyl (C=O) groups is 1. The van der Waals surface area contributed by atoms with Crippen molar-refractivity contribution in [2.45, 2.75) is 25.8 Å². The molecule has 1 fully saturated rings. The van der Waals surface area contributed by atoms with E-state index in [1.165, 1.54) is 6.07 Å². The molecule has 0 atom stereocenters. The zero-order valence-corrected chi connectivity index (χ0v) is 12.9. The molecule has 1 saturated heterocycles. The maximum Gasteiger partial charge on any atom is 0.222 e. The maximum atomic E-state index is 13.1. The van der Waals surface area contributed by atoms with E-state index in [1.807, 2.05) is 0 Å². The SMILES string of the molecule is CN(Cc1ccc(F)c(F)c1)C(=O)CC1CCNCC1.Cl. The van der Waals surface area contributed by atoms with Crippen molar-refractivity contribution in [1.82, 2.24) is 10.2 Å². The van der Waals surface area contributed by atoms with E-state index in [9.17, 15) is 13.6 Å². The van der Waals surface area contributed by atoms with Gasteiger partial charge < -0.3 is 10.2 Å². The summed E-state index contributed by atoms with van der Waals surface area (Å²) in [6.07, 6.45) is 2.57. The van der Waals surface area contributed by atoms with Crippen molar-refractivity contribution < 1.29 is 13.6 Å². The Morgan fingerprint density at radius 2 is 1.95 bits per heavy atom. The molecule has 0 unspecified atom stereocenters. The molecule has 0 aromatic heterocycles. The number of rotatable bonds is 4. The van der Waals surface area contributed by atoms with Crippen molar-refractivity contribution in [3.05, 3.63) is 35.4 Å². The number of hydrogen-bond acceptors (Lipinski definition) is 2. The molecule has 0 saturated carbocycles. The largest absolute Gasteiger partial charge is 0.341 e. The first-order valence-corrected chi connectivity index (χ1v) is 6.95. The fraction of sp³-hybridized carbons (Fsp3) is 0.533. The molecule has 21 heavy (non-hydrogen) atoms. The second-order valence-corrected chi connectivity index (χ2v) is 5.40. The Morgan fingerprint density at radius 3 is 2.57 bits per heavy atom. The Hall–Kier alpha value is -1.20. The molecule has 0 aliphatic carbocycles. The number of hydrogen-bond donors (Lipinski definition) is 1. The van der Waals surface area contributed by atoms with Crippen LogP contribution in [0.15, 0.2) is 18.2 Å². The van der Waals surface area contributed by atoms with E-state index in [2.05, 4.69) is 5.32 Å². The van der Waals surface area contributed by atoms with Crippen LogP contribution >= 0.6 is 12.4 Å². The molecule has 118 valence electrons. The van der Waals surface area contributed by atoms with Crippen LogP contribution in [0.3, 0.4) is 0 Å². The molecule has 6 heteroatoms. The number of nitrogens with zero attached hydrogens (tertiary/aromatic N) is 1. The molecule has 1 aromatic carbocycles. The van der Waals surface area contributed by atoms with Crippen molar-refractivity contribution in [1.29, 1.82) is 0 Å². The Morgan fingerprint density at radius 1 is 1.29 bits per heavy atom. The normalized spacial score (nSPS) is 15.4. The molecule has 0 radical (unpaired) electrons. The second kappa shape index (κ2) is 8.29. The van der Waals surface area contributed by atoms with Crippen molar-refractivity contribution in [2.75, 3.05) is 20.1 Å². The van der Waals surface area contributed by atoms with Crippen molar-refractivity contribution >= 4 is 18.3 Å². The summed E-state index contributed by atoms with van der Waals surface area (Å²) in [4.78, 5) is 13.7. The molecule has 1 aliphatic heterocycles. The van der Waals surface area contributed by atoms with Crippen molar-refractivity contribution in [3.8, 4) is 0 Å². The van der Waals surface area contributed by atoms with Crippen LogP contribution in [0, 0.1) is 17.6 Å². The predicted octanol–water partition coefficient (Wildman–Crippen LogP) is 2.73. The van der Waals surface area contributed by atoms with Crippen LogP contribution in [-0.4, -0.2) is 30.9 Å². The molecular weight excluding hydrogens is 298 g/mol. The monoisotopic (exact) mass is 318 g/mol. The number of carbonyl (C=O) groups excluding carboxylic acids is 1. The van der Waals surface area contributed by atoms with Crippen molar-refractivity contribution in [2.24, 2.45) is 5.92 Å². The molecule has 2 rings (SSSR count). The highest BCUT2D eigenvalue weighted by Crippen LogP contribution is 2.18. The zero-order chi connectivity index (χ0) is 14.5. The van der Waals surface area contributed by atoms with Gasteiger partial charge in [0.25, 0.3) is 0 Å². The Labute approximate surface area is 130 Å². The zero-order valence-electron chi connectivity index (χ0n) is 12.1. The van der Waals surface area contributed by atoms with Gasteiger partial charge in [-0.25, -0.2) is 8.78 Å². The second-order valence-electron chi connectivity index (χ2n) is 5.40. The minimum Gasteiger partial charge on any atom is -0.341 e. The predicted molar refractivity (Wildman–Crippen MR) is 80.3 cm³/mol. The number of nitrogens with one attached hydrogen (secondary N) is 1. The van der Waals surface area contributed by atoms with E-state index in [0.29, 0.717) is 24.4 Å². The van der Waals surface area contributed by atoms with Crippen LogP contribution in [0.2, 0.25) is 0 Å². The first-order valence-electron chi connectivity index (χ1n) is 6.95. The van der Waals surface area contributed by atoms with Gasteiger partial charge in [-0.2, -0.15) is 0 Å². The van der Waals surface area contributed by atoms with Gasteiger partial charge in [0.05, 0.1) is 0 Å². The number of amides is 1. The van der Waals surface area contributed by atoms with Gasteiger partial charge in [-0.3, -0.25) is 4.79 Å². The molecule has 3 nitrogen and oxygen atoms in total. The average Bonchev–Trinajstić information content (AvgIpc) is 2.44. The topological polar surface area (TPSA) is 32.3 Å². The molecular formula is C15H21ClF2N2O. The number of benzene rings is 1. The van der Waals surface area contributed by atoms with Gasteiger partial charge in [0, 0.05) is 20.0 Å². The smallest absolute Gasteiger partial charge is 0.222 e. The van der Waals surface area contributed by atoms with Crippen LogP contribution in [-0.2, 0) is 11.3 Å². The van der Waals surface area contributed by atoms with Gasteiger partial charge in [-0.1, -0.05) is 6.07 Å². The van der Waals surface area contributed by atoms with E-state index < -0.39 is 11.6 Å². The summed E-state index contributed by atoms with van der Waals surface area (Å²) in [6, 6.07) is 3.74. The molecule has 1 N–H and O–H groups in total. The fourth-order valence-electron chi connectivity index (χ4n) is 2.49. The maximum absolute atomic E-state index is 13.1. The Kier molecular flexibility index (Phi) is 7.05. The summed E-state index contributed by atoms with van der Waals surface area (Å²) in [5.41, 5.74) is 0.602. The standard InChI is InChI=1S/C15H20F2N2O.ClH/c1-19(10-12-2-3-13(16)14(17)8-12)15(20)9-11-4-6-18-7-5-11;/h2-3,8,11,18H,4-7,9-10H2,1H3;1H. The summed E-state index contributed by atoms with van der Waals surface area (Å²) >= 11 is 0. The molecule has 0 bridgehead atoms. The molecule has 0 spiro atoms. The summed E-state index contributed by atoms with van der Waals surface area (Å²) in [5, 5.41) is 3.27. The van der Waals surface area contributed by atoms with E-state index in [4.69, 9.17) is 0 Å². The highest BCUT2D eigenvalue weighted by molar-refractivity contribution is 5.85. The minimum absolute atomic E-state index is 0. The summed E-state index contributed by atoms with van der Waals surface area (Å²) in [6.45, 7) is 2.23. The van der Waals surface area contributed by atoms with Crippen LogP contribution in [0.1, 0.15) is 24.8 Å². The number of piperidine rings is 1. The molecule has 1 aliphatic rings. The van der Waals surface area contributed by atoms with Gasteiger partial charge in [-0.05, 0) is 49.5 Å². The van der Waals surface area contributed by atoms with Crippen LogP contribution < -0.4 is 5.32 Å². The average molecular weight is 319 g/mol. The van der Waals surface area contributed by atoms with Crippen molar-refractivity contribution in [3.63, 3.8) is 0 Å². The van der Waals surface area contributed by atoms with Gasteiger partial charge in [0.1, 0.15) is 0 Å². The molecule has 1 amide bonds. The Bertz CT molecular complexity index is 479. The van der Waals surface area contributed by atoms with E-state index >= 15 is 0 Å². The van der Waals surface area contributed by atoms with Crippen LogP contribution in [0.25, 0.3) is 0 Å². The van der Waals surface area contributed by atoms with Crippen LogP contribution in [0.5, 0.6) is 0 Å². The lowest BCUT2D eigenvalue weighted by Gasteiger charge is -2.25. The van der Waals surface area contributed by atoms with E-state index in [0.717, 1.165) is 38.1 Å². The van der Waals surface area contributed by atoms with Gasteiger partial charge in [0.15, 0.2) is 11.6 Å². The summed E-state index contributed by atoms with van der Waals surface area (Å²) in [7, 11) is 1.70. The minimum atomic E-state index is -0.873. The fourth-order valence-corrected chi connectivity index (χ4v) is 2.49.